The number of amides is 2. The van der Waals surface area contributed by atoms with E-state index >= 15 is 0 Å². The van der Waals surface area contributed by atoms with Gasteiger partial charge in [0.1, 0.15) is 12.6 Å². The molecule has 0 saturated carbocycles. The van der Waals surface area contributed by atoms with Crippen LogP contribution in [0.4, 0.5) is 0 Å². The summed E-state index contributed by atoms with van der Waals surface area (Å²) in [5, 5.41) is 7.37. The maximum absolute atomic E-state index is 12.0. The zero-order chi connectivity index (χ0) is 18.4. The van der Waals surface area contributed by atoms with Crippen LogP contribution in [0.15, 0.2) is 54.4 Å². The second-order valence-corrected chi connectivity index (χ2v) is 7.36. The van der Waals surface area contributed by atoms with Gasteiger partial charge < -0.3 is 15.5 Å². The Bertz CT molecular complexity index is 773. The molecule has 1 unspecified atom stereocenters. The summed E-state index contributed by atoms with van der Waals surface area (Å²) in [5.74, 6) is -1.21. The Kier molecular flexibility index (Phi) is 6.20. The minimum atomic E-state index is -0.617. The summed E-state index contributed by atoms with van der Waals surface area (Å²) in [5.41, 5.74) is 2.78. The number of benzene rings is 1. The number of thiophene rings is 1. The lowest BCUT2D eigenvalue weighted by atomic mass is 9.98. The van der Waals surface area contributed by atoms with Crippen LogP contribution in [0, 0.1) is 0 Å². The van der Waals surface area contributed by atoms with Crippen molar-refractivity contribution in [3.8, 4) is 0 Å². The van der Waals surface area contributed by atoms with Crippen LogP contribution in [0.5, 0.6) is 0 Å². The molecule has 136 valence electrons. The van der Waals surface area contributed by atoms with E-state index in [-0.39, 0.29) is 12.6 Å². The molecule has 1 aromatic carbocycles. The summed E-state index contributed by atoms with van der Waals surface area (Å²) >= 11 is 1.69. The lowest BCUT2D eigenvalue weighted by molar-refractivity contribution is -0.945. The van der Waals surface area contributed by atoms with E-state index in [1.807, 2.05) is 6.07 Å². The molecule has 0 bridgehead atoms. The number of fused-ring (bicyclic) bond motifs is 1. The standard InChI is InChI=1S/C20H23N3O2S/c1-2-10-21-19(24)20(25)22-13-17(18-8-5-12-26-18)23-11-9-15-6-3-4-7-16(15)14-23/h2-8,12,17H,1,9-11,13-14H2,(H,21,24)(H,22,25)/p+1/t17-/m1/s1. The van der Waals surface area contributed by atoms with Gasteiger partial charge in [0.2, 0.25) is 0 Å². The average molecular weight is 370 g/mol. The Balaban J connectivity index is 1.68. The molecule has 1 aliphatic rings. The third kappa shape index (κ3) is 4.39. The van der Waals surface area contributed by atoms with Crippen molar-refractivity contribution < 1.29 is 14.5 Å². The molecule has 3 N–H and O–H groups in total. The van der Waals surface area contributed by atoms with E-state index in [0.29, 0.717) is 6.54 Å². The number of carbonyl (C=O) groups is 2. The van der Waals surface area contributed by atoms with Gasteiger partial charge in [-0.2, -0.15) is 0 Å². The van der Waals surface area contributed by atoms with Crippen molar-refractivity contribution in [2.24, 2.45) is 0 Å². The lowest BCUT2D eigenvalue weighted by Crippen LogP contribution is -3.12. The minimum Gasteiger partial charge on any atom is -0.344 e. The van der Waals surface area contributed by atoms with Crippen molar-refractivity contribution in [3.63, 3.8) is 0 Å². The van der Waals surface area contributed by atoms with Gasteiger partial charge in [0, 0.05) is 18.5 Å². The SMILES string of the molecule is C=CCNC(=O)C(=O)NC[C@H](c1cccs1)[NH+]1CCc2ccccc2C1. The first kappa shape index (κ1) is 18.4. The molecule has 2 amide bonds. The normalized spacial score (nSPS) is 17.0. The third-order valence-corrected chi connectivity index (χ3v) is 5.70. The fraction of sp³-hybridized carbons (Fsp3) is 0.300. The van der Waals surface area contributed by atoms with Gasteiger partial charge in [0.15, 0.2) is 0 Å². The Hall–Kier alpha value is -2.44. The second kappa shape index (κ2) is 8.78. The van der Waals surface area contributed by atoms with Crippen molar-refractivity contribution in [2.75, 3.05) is 19.6 Å². The quantitative estimate of drug-likeness (QED) is 0.521. The van der Waals surface area contributed by atoms with Crippen LogP contribution >= 0.6 is 11.3 Å². The average Bonchev–Trinajstić information content (AvgIpc) is 3.20. The summed E-state index contributed by atoms with van der Waals surface area (Å²) in [6.45, 7) is 6.20. The highest BCUT2D eigenvalue weighted by Crippen LogP contribution is 2.18. The molecule has 0 spiro atoms. The first-order valence-corrected chi connectivity index (χ1v) is 9.68. The molecule has 26 heavy (non-hydrogen) atoms. The Labute approximate surface area is 157 Å². The number of hydrogen-bond donors (Lipinski definition) is 3. The van der Waals surface area contributed by atoms with E-state index in [0.717, 1.165) is 19.5 Å². The number of quaternary nitrogens is 1. The van der Waals surface area contributed by atoms with Gasteiger partial charge in [0.25, 0.3) is 0 Å². The summed E-state index contributed by atoms with van der Waals surface area (Å²) in [7, 11) is 0. The number of carbonyl (C=O) groups excluding carboxylic acids is 2. The Morgan fingerprint density at radius 1 is 1.15 bits per heavy atom. The molecule has 5 nitrogen and oxygen atoms in total. The largest absolute Gasteiger partial charge is 0.344 e. The zero-order valence-corrected chi connectivity index (χ0v) is 15.5. The van der Waals surface area contributed by atoms with Gasteiger partial charge in [-0.1, -0.05) is 36.4 Å². The van der Waals surface area contributed by atoms with Gasteiger partial charge in [-0.3, -0.25) is 9.59 Å². The molecule has 2 heterocycles. The predicted octanol–water partition coefficient (Wildman–Crippen LogP) is 0.849. The lowest BCUT2D eigenvalue weighted by Gasteiger charge is -2.32. The Morgan fingerprint density at radius 2 is 1.92 bits per heavy atom. The zero-order valence-electron chi connectivity index (χ0n) is 14.7. The molecule has 0 aliphatic carbocycles. The van der Waals surface area contributed by atoms with Crippen LogP contribution < -0.4 is 15.5 Å². The third-order valence-electron chi connectivity index (χ3n) is 4.71. The van der Waals surface area contributed by atoms with Crippen molar-refractivity contribution in [3.05, 3.63) is 70.4 Å². The predicted molar refractivity (Wildman–Crippen MR) is 103 cm³/mol. The van der Waals surface area contributed by atoms with Crippen LogP contribution in [0.25, 0.3) is 0 Å². The molecule has 2 aromatic rings. The molecule has 6 heteroatoms. The maximum Gasteiger partial charge on any atom is 0.309 e. The van der Waals surface area contributed by atoms with Crippen molar-refractivity contribution in [1.29, 1.82) is 0 Å². The highest BCUT2D eigenvalue weighted by Gasteiger charge is 2.30. The van der Waals surface area contributed by atoms with Crippen molar-refractivity contribution in [1.82, 2.24) is 10.6 Å². The molecule has 1 aromatic heterocycles. The highest BCUT2D eigenvalue weighted by atomic mass is 32.1. The molecule has 2 atom stereocenters. The van der Waals surface area contributed by atoms with E-state index in [1.165, 1.54) is 20.9 Å². The molecule has 3 rings (SSSR count). The summed E-state index contributed by atoms with van der Waals surface area (Å²) in [4.78, 5) is 26.4. The fourth-order valence-corrected chi connectivity index (χ4v) is 4.24. The van der Waals surface area contributed by atoms with Crippen LogP contribution in [0.3, 0.4) is 0 Å². The first-order chi connectivity index (χ1) is 12.7. The summed E-state index contributed by atoms with van der Waals surface area (Å²) < 4.78 is 0. The molecule has 0 radical (unpaired) electrons. The van der Waals surface area contributed by atoms with E-state index in [1.54, 1.807) is 17.4 Å². The molecular formula is C20H24N3O2S+. The van der Waals surface area contributed by atoms with Gasteiger partial charge in [0.05, 0.1) is 18.0 Å². The topological polar surface area (TPSA) is 62.6 Å². The van der Waals surface area contributed by atoms with Gasteiger partial charge in [-0.25, -0.2) is 0 Å². The van der Waals surface area contributed by atoms with Gasteiger partial charge >= 0.3 is 11.8 Å². The first-order valence-electron chi connectivity index (χ1n) is 8.80. The fourth-order valence-electron chi connectivity index (χ4n) is 3.36. The van der Waals surface area contributed by atoms with E-state index in [4.69, 9.17) is 0 Å². The smallest absolute Gasteiger partial charge is 0.309 e. The number of rotatable bonds is 6. The second-order valence-electron chi connectivity index (χ2n) is 6.38. The van der Waals surface area contributed by atoms with Crippen LogP contribution in [0.1, 0.15) is 22.0 Å². The van der Waals surface area contributed by atoms with Gasteiger partial charge in [-0.15, -0.1) is 17.9 Å². The van der Waals surface area contributed by atoms with Crippen molar-refractivity contribution in [2.45, 2.75) is 19.0 Å². The van der Waals surface area contributed by atoms with Crippen LogP contribution in [-0.2, 0) is 22.6 Å². The summed E-state index contributed by atoms with van der Waals surface area (Å²) in [6, 6.07) is 12.8. The maximum atomic E-state index is 12.0. The monoisotopic (exact) mass is 370 g/mol. The van der Waals surface area contributed by atoms with Crippen LogP contribution in [-0.4, -0.2) is 31.4 Å². The minimum absolute atomic E-state index is 0.138. The molecule has 0 saturated heterocycles. The number of nitrogens with one attached hydrogen (secondary N) is 3. The highest BCUT2D eigenvalue weighted by molar-refractivity contribution is 7.10. The van der Waals surface area contributed by atoms with Crippen LogP contribution in [0.2, 0.25) is 0 Å². The van der Waals surface area contributed by atoms with E-state index < -0.39 is 11.8 Å². The van der Waals surface area contributed by atoms with E-state index in [9.17, 15) is 9.59 Å². The van der Waals surface area contributed by atoms with E-state index in [2.05, 4.69) is 52.9 Å². The molecule has 1 aliphatic heterocycles. The summed E-state index contributed by atoms with van der Waals surface area (Å²) in [6.07, 6.45) is 2.58. The number of hydrogen-bond acceptors (Lipinski definition) is 3. The Morgan fingerprint density at radius 3 is 2.65 bits per heavy atom. The molecule has 0 fully saturated rings. The molecular weight excluding hydrogens is 346 g/mol. The van der Waals surface area contributed by atoms with Crippen molar-refractivity contribution >= 4 is 23.2 Å². The van der Waals surface area contributed by atoms with Gasteiger partial charge in [-0.05, 0) is 17.0 Å².